The Labute approximate surface area is 73.0 Å². The summed E-state index contributed by atoms with van der Waals surface area (Å²) < 4.78 is 45.5. The lowest BCUT2D eigenvalue weighted by Gasteiger charge is -2.00. The summed E-state index contributed by atoms with van der Waals surface area (Å²) in [6, 6.07) is 0. The molecule has 0 spiro atoms. The zero-order valence-electron chi connectivity index (χ0n) is 6.45. The number of halogens is 2. The Bertz CT molecular complexity index is 420. The van der Waals surface area contributed by atoms with Crippen LogP contribution in [0.1, 0.15) is 0 Å². The van der Waals surface area contributed by atoms with Crippen LogP contribution in [0, 0.1) is 5.82 Å². The molecule has 0 radical (unpaired) electrons. The van der Waals surface area contributed by atoms with Crippen LogP contribution in [0.25, 0.3) is 0 Å². The van der Waals surface area contributed by atoms with Crippen molar-refractivity contribution in [1.82, 2.24) is 9.97 Å². The predicted octanol–water partition coefficient (Wildman–Crippen LogP) is 0.316. The van der Waals surface area contributed by atoms with Gasteiger partial charge in [-0.05, 0) is 0 Å². The second-order valence-electron chi connectivity index (χ2n) is 2.04. The molecule has 1 N–H and O–H groups in total. The SMILES string of the molecule is CNc1nc(S(=O)(=O)F)ncc1F. The molecule has 0 aromatic carbocycles. The van der Waals surface area contributed by atoms with Crippen molar-refractivity contribution in [2.75, 3.05) is 12.4 Å². The van der Waals surface area contributed by atoms with E-state index in [0.717, 1.165) is 0 Å². The number of nitrogens with one attached hydrogen (secondary N) is 1. The van der Waals surface area contributed by atoms with Gasteiger partial charge in [0.05, 0.1) is 6.20 Å². The van der Waals surface area contributed by atoms with E-state index in [1.54, 1.807) is 0 Å². The first kappa shape index (κ1) is 9.78. The van der Waals surface area contributed by atoms with Crippen molar-refractivity contribution < 1.29 is 16.7 Å². The molecule has 0 unspecified atom stereocenters. The summed E-state index contributed by atoms with van der Waals surface area (Å²) in [5.41, 5.74) is 0. The van der Waals surface area contributed by atoms with E-state index >= 15 is 0 Å². The lowest BCUT2D eigenvalue weighted by Crippen LogP contribution is -2.05. The minimum absolute atomic E-state index is 0.369. The maximum atomic E-state index is 12.7. The molecule has 8 heteroatoms. The highest BCUT2D eigenvalue weighted by molar-refractivity contribution is 7.86. The van der Waals surface area contributed by atoms with Gasteiger partial charge in [0.25, 0.3) is 5.16 Å². The van der Waals surface area contributed by atoms with Gasteiger partial charge >= 0.3 is 10.2 Å². The highest BCUT2D eigenvalue weighted by Gasteiger charge is 2.17. The molecule has 72 valence electrons. The summed E-state index contributed by atoms with van der Waals surface area (Å²) in [5.74, 6) is -1.22. The van der Waals surface area contributed by atoms with Crippen LogP contribution >= 0.6 is 0 Å². The maximum absolute atomic E-state index is 12.7. The molecule has 1 aromatic rings. The van der Waals surface area contributed by atoms with Gasteiger partial charge in [-0.25, -0.2) is 9.37 Å². The van der Waals surface area contributed by atoms with E-state index in [9.17, 15) is 16.7 Å². The number of anilines is 1. The van der Waals surface area contributed by atoms with Crippen molar-refractivity contribution in [3.8, 4) is 0 Å². The fourth-order valence-electron chi connectivity index (χ4n) is 0.644. The predicted molar refractivity (Wildman–Crippen MR) is 39.8 cm³/mol. The van der Waals surface area contributed by atoms with Crippen LogP contribution < -0.4 is 5.32 Å². The van der Waals surface area contributed by atoms with Gasteiger partial charge in [-0.3, -0.25) is 0 Å². The first-order chi connectivity index (χ1) is 5.95. The molecule has 0 saturated heterocycles. The van der Waals surface area contributed by atoms with Gasteiger partial charge in [-0.2, -0.15) is 13.4 Å². The van der Waals surface area contributed by atoms with Crippen molar-refractivity contribution in [3.63, 3.8) is 0 Å². The number of rotatable bonds is 2. The van der Waals surface area contributed by atoms with E-state index in [1.165, 1.54) is 7.05 Å². The van der Waals surface area contributed by atoms with Gasteiger partial charge in [-0.1, -0.05) is 3.89 Å². The molecule has 0 amide bonds. The van der Waals surface area contributed by atoms with Crippen LogP contribution in [0.15, 0.2) is 11.4 Å². The van der Waals surface area contributed by atoms with E-state index in [-0.39, 0.29) is 5.82 Å². The smallest absolute Gasteiger partial charge is 0.368 e. The third-order valence-electron chi connectivity index (χ3n) is 1.18. The fourth-order valence-corrected chi connectivity index (χ4v) is 1.02. The first-order valence-corrected chi connectivity index (χ1v) is 4.48. The summed E-state index contributed by atoms with van der Waals surface area (Å²) in [6.07, 6.45) is 0.575. The molecular formula is C5H5F2N3O2S. The van der Waals surface area contributed by atoms with E-state index in [1.807, 2.05) is 0 Å². The molecule has 1 rings (SSSR count). The Hall–Kier alpha value is -1.31. The van der Waals surface area contributed by atoms with Crippen LogP contribution in [0.5, 0.6) is 0 Å². The summed E-state index contributed by atoms with van der Waals surface area (Å²) in [6.45, 7) is 0. The first-order valence-electron chi connectivity index (χ1n) is 3.10. The Morgan fingerprint density at radius 2 is 2.15 bits per heavy atom. The molecule has 5 nitrogen and oxygen atoms in total. The third-order valence-corrected chi connectivity index (χ3v) is 1.81. The molecule has 1 heterocycles. The van der Waals surface area contributed by atoms with Crippen molar-refractivity contribution in [1.29, 1.82) is 0 Å². The van der Waals surface area contributed by atoms with Crippen LogP contribution in [-0.4, -0.2) is 25.4 Å². The molecule has 13 heavy (non-hydrogen) atoms. The Balaban J connectivity index is 3.30. The van der Waals surface area contributed by atoms with Gasteiger partial charge in [0.1, 0.15) is 0 Å². The van der Waals surface area contributed by atoms with Gasteiger partial charge < -0.3 is 5.32 Å². The molecular weight excluding hydrogens is 204 g/mol. The van der Waals surface area contributed by atoms with E-state index in [4.69, 9.17) is 0 Å². The minimum atomic E-state index is -4.98. The highest BCUT2D eigenvalue weighted by atomic mass is 32.3. The lowest BCUT2D eigenvalue weighted by molar-refractivity contribution is 0.538. The monoisotopic (exact) mass is 209 g/mol. The topological polar surface area (TPSA) is 72.0 Å². The number of aromatic nitrogens is 2. The maximum Gasteiger partial charge on any atom is 0.368 e. The normalized spacial score (nSPS) is 11.3. The van der Waals surface area contributed by atoms with E-state index in [0.29, 0.717) is 6.20 Å². The second-order valence-corrected chi connectivity index (χ2v) is 3.28. The molecule has 0 saturated carbocycles. The average molecular weight is 209 g/mol. The van der Waals surface area contributed by atoms with Crippen molar-refractivity contribution in [2.24, 2.45) is 0 Å². The zero-order valence-corrected chi connectivity index (χ0v) is 7.27. The molecule has 0 aliphatic rings. The number of hydrogen-bond donors (Lipinski definition) is 1. The van der Waals surface area contributed by atoms with Crippen LogP contribution in [0.4, 0.5) is 14.1 Å². The van der Waals surface area contributed by atoms with Gasteiger partial charge in [-0.15, -0.1) is 0 Å². The minimum Gasteiger partial charge on any atom is -0.371 e. The number of nitrogens with zero attached hydrogens (tertiary/aromatic N) is 2. The summed E-state index contributed by atoms with van der Waals surface area (Å²) >= 11 is 0. The standard InChI is InChI=1S/C5H5F2N3O2S/c1-8-4-3(6)2-9-5(10-4)13(7,11)12/h2H,1H3,(H,8,9,10). The van der Waals surface area contributed by atoms with E-state index < -0.39 is 21.2 Å². The summed E-state index contributed by atoms with van der Waals surface area (Å²) in [4.78, 5) is 6.07. The number of hydrogen-bond acceptors (Lipinski definition) is 5. The average Bonchev–Trinajstić information content (AvgIpc) is 2.03. The Kier molecular flexibility index (Phi) is 2.41. The molecule has 0 aliphatic carbocycles. The quantitative estimate of drug-likeness (QED) is 0.560. The van der Waals surface area contributed by atoms with Crippen LogP contribution in [-0.2, 0) is 10.2 Å². The van der Waals surface area contributed by atoms with E-state index in [2.05, 4.69) is 15.3 Å². The molecule has 0 aliphatic heterocycles. The highest BCUT2D eigenvalue weighted by Crippen LogP contribution is 2.12. The Morgan fingerprint density at radius 3 is 2.62 bits per heavy atom. The third kappa shape index (κ3) is 2.08. The molecule has 0 bridgehead atoms. The van der Waals surface area contributed by atoms with Crippen molar-refractivity contribution >= 4 is 16.0 Å². The lowest BCUT2D eigenvalue weighted by atomic mass is 10.5. The molecule has 0 fully saturated rings. The summed E-state index contributed by atoms with van der Waals surface area (Å²) in [7, 11) is -3.66. The summed E-state index contributed by atoms with van der Waals surface area (Å²) in [5, 5.41) is 1.19. The van der Waals surface area contributed by atoms with Gasteiger partial charge in [0.15, 0.2) is 11.6 Å². The zero-order chi connectivity index (χ0) is 10.1. The van der Waals surface area contributed by atoms with Crippen LogP contribution in [0.3, 0.4) is 0 Å². The molecule has 0 atom stereocenters. The second kappa shape index (κ2) is 3.21. The Morgan fingerprint density at radius 1 is 1.54 bits per heavy atom. The largest absolute Gasteiger partial charge is 0.371 e. The molecule has 1 aromatic heterocycles. The fraction of sp³-hybridized carbons (Fsp3) is 0.200. The van der Waals surface area contributed by atoms with Crippen molar-refractivity contribution in [3.05, 3.63) is 12.0 Å². The van der Waals surface area contributed by atoms with Crippen LogP contribution in [0.2, 0.25) is 0 Å². The van der Waals surface area contributed by atoms with Gasteiger partial charge in [0, 0.05) is 7.05 Å². The van der Waals surface area contributed by atoms with Crippen molar-refractivity contribution in [2.45, 2.75) is 5.16 Å². The van der Waals surface area contributed by atoms with Gasteiger partial charge in [0.2, 0.25) is 0 Å².